The number of halogens is 1. The Bertz CT molecular complexity index is 800. The Morgan fingerprint density at radius 2 is 1.81 bits per heavy atom. The van der Waals surface area contributed by atoms with Crippen LogP contribution in [0.5, 0.6) is 11.5 Å². The minimum Gasteiger partial charge on any atom is -0.454 e. The van der Waals surface area contributed by atoms with Gasteiger partial charge in [0.05, 0.1) is 5.02 Å². The van der Waals surface area contributed by atoms with Crippen LogP contribution in [0, 0.1) is 0 Å². The molecule has 1 aliphatic heterocycles. The van der Waals surface area contributed by atoms with Gasteiger partial charge in [0.2, 0.25) is 6.79 Å². The Kier molecular flexibility index (Phi) is 4.77. The Morgan fingerprint density at radius 1 is 1.08 bits per heavy atom. The molecule has 0 radical (unpaired) electrons. The Hall–Kier alpha value is -2.20. The quantitative estimate of drug-likeness (QED) is 0.772. The molecule has 0 spiro atoms. The van der Waals surface area contributed by atoms with Crippen LogP contribution in [-0.4, -0.2) is 30.7 Å². The van der Waals surface area contributed by atoms with Crippen LogP contribution in [0.1, 0.15) is 47.5 Å². The molecule has 136 valence electrons. The molecule has 0 atom stereocenters. The van der Waals surface area contributed by atoms with Gasteiger partial charge in [0.1, 0.15) is 0 Å². The molecule has 1 amide bonds. The number of fused-ring (bicyclic) bond motifs is 1. The number of ether oxygens (including phenoxy) is 2. The van der Waals surface area contributed by atoms with Crippen molar-refractivity contribution in [1.82, 2.24) is 4.90 Å². The maximum absolute atomic E-state index is 12.9. The van der Waals surface area contributed by atoms with E-state index in [0.717, 1.165) is 25.7 Å². The molecule has 0 bridgehead atoms. The molecule has 2 aromatic carbocycles. The summed E-state index contributed by atoms with van der Waals surface area (Å²) in [6.07, 6.45) is 4.24. The third-order valence-corrected chi connectivity index (χ3v) is 5.79. The van der Waals surface area contributed by atoms with Gasteiger partial charge in [-0.25, -0.2) is 0 Å². The van der Waals surface area contributed by atoms with Crippen LogP contribution in [0.3, 0.4) is 0 Å². The monoisotopic (exact) mass is 371 g/mol. The summed E-state index contributed by atoms with van der Waals surface area (Å²) in [7, 11) is 1.88. The normalized spacial score (nSPS) is 21.5. The molecule has 0 aromatic heterocycles. The highest BCUT2D eigenvalue weighted by Crippen LogP contribution is 2.40. The predicted octanol–water partition coefficient (Wildman–Crippen LogP) is 4.87. The minimum absolute atomic E-state index is 0.0200. The highest BCUT2D eigenvalue weighted by molar-refractivity contribution is 6.32. The zero-order valence-corrected chi connectivity index (χ0v) is 15.5. The predicted molar refractivity (Wildman–Crippen MR) is 101 cm³/mol. The molecule has 0 N–H and O–H groups in total. The summed E-state index contributed by atoms with van der Waals surface area (Å²) in [6.45, 7) is 0.145. The second kappa shape index (κ2) is 7.20. The fourth-order valence-electron chi connectivity index (χ4n) is 3.98. The second-order valence-corrected chi connectivity index (χ2v) is 7.43. The highest BCUT2D eigenvalue weighted by Gasteiger charge is 2.29. The van der Waals surface area contributed by atoms with E-state index < -0.39 is 0 Å². The summed E-state index contributed by atoms with van der Waals surface area (Å²) in [4.78, 5) is 14.8. The van der Waals surface area contributed by atoms with E-state index in [9.17, 15) is 4.79 Å². The lowest BCUT2D eigenvalue weighted by molar-refractivity contribution is 0.0689. The van der Waals surface area contributed by atoms with E-state index in [4.69, 9.17) is 21.1 Å². The van der Waals surface area contributed by atoms with Gasteiger partial charge in [0.25, 0.3) is 5.91 Å². The number of carbonyl (C=O) groups is 1. The SMILES string of the molecule is CN(C(=O)c1cc(Cl)c2c(c1)OCO2)C1CCC(c2ccccc2)CC1. The first-order valence-corrected chi connectivity index (χ1v) is 9.42. The first kappa shape index (κ1) is 17.2. The van der Waals surface area contributed by atoms with Crippen LogP contribution in [-0.2, 0) is 0 Å². The number of hydrogen-bond donors (Lipinski definition) is 0. The van der Waals surface area contributed by atoms with Gasteiger partial charge < -0.3 is 14.4 Å². The van der Waals surface area contributed by atoms with Crippen LogP contribution in [0.4, 0.5) is 0 Å². The standard InChI is InChI=1S/C21H22ClNO3/c1-23(17-9-7-15(8-10-17)14-5-3-2-4-6-14)21(24)16-11-18(22)20-19(12-16)25-13-26-20/h2-6,11-12,15,17H,7-10,13H2,1H3. The Labute approximate surface area is 158 Å². The van der Waals surface area contributed by atoms with Gasteiger partial charge in [-0.1, -0.05) is 41.9 Å². The van der Waals surface area contributed by atoms with Crippen molar-refractivity contribution in [3.8, 4) is 11.5 Å². The van der Waals surface area contributed by atoms with Crippen molar-refractivity contribution in [1.29, 1.82) is 0 Å². The molecule has 26 heavy (non-hydrogen) atoms. The summed E-state index contributed by atoms with van der Waals surface area (Å²) < 4.78 is 10.7. The van der Waals surface area contributed by atoms with Crippen LogP contribution >= 0.6 is 11.6 Å². The number of hydrogen-bond acceptors (Lipinski definition) is 3. The number of benzene rings is 2. The molecule has 0 unspecified atom stereocenters. The van der Waals surface area contributed by atoms with E-state index in [0.29, 0.717) is 28.0 Å². The lowest BCUT2D eigenvalue weighted by Crippen LogP contribution is -2.39. The summed E-state index contributed by atoms with van der Waals surface area (Å²) in [5, 5.41) is 0.421. The van der Waals surface area contributed by atoms with Crippen molar-refractivity contribution < 1.29 is 14.3 Å². The summed E-state index contributed by atoms with van der Waals surface area (Å²) in [5.41, 5.74) is 1.95. The van der Waals surface area contributed by atoms with Crippen molar-refractivity contribution >= 4 is 17.5 Å². The van der Waals surface area contributed by atoms with Gasteiger partial charge in [-0.2, -0.15) is 0 Å². The van der Waals surface area contributed by atoms with Gasteiger partial charge >= 0.3 is 0 Å². The van der Waals surface area contributed by atoms with Crippen molar-refractivity contribution in [3.05, 3.63) is 58.6 Å². The van der Waals surface area contributed by atoms with Gasteiger partial charge in [-0.3, -0.25) is 4.79 Å². The average Bonchev–Trinajstić information content (AvgIpc) is 3.17. The third-order valence-electron chi connectivity index (χ3n) is 5.51. The van der Waals surface area contributed by atoms with Gasteiger partial charge in [-0.05, 0) is 49.3 Å². The molecule has 5 heteroatoms. The summed E-state index contributed by atoms with van der Waals surface area (Å²) in [5.74, 6) is 1.64. The maximum atomic E-state index is 12.9. The smallest absolute Gasteiger partial charge is 0.254 e. The molecule has 2 aliphatic rings. The fraction of sp³-hybridized carbons (Fsp3) is 0.381. The first-order chi connectivity index (χ1) is 12.6. The highest BCUT2D eigenvalue weighted by atomic mass is 35.5. The molecule has 1 saturated carbocycles. The van der Waals surface area contributed by atoms with E-state index >= 15 is 0 Å². The van der Waals surface area contributed by atoms with Crippen LogP contribution in [0.15, 0.2) is 42.5 Å². The third kappa shape index (κ3) is 3.26. The minimum atomic E-state index is -0.0200. The van der Waals surface area contributed by atoms with Crippen molar-refractivity contribution in [3.63, 3.8) is 0 Å². The molecule has 4 nitrogen and oxygen atoms in total. The lowest BCUT2D eigenvalue weighted by Gasteiger charge is -2.35. The van der Waals surface area contributed by atoms with Crippen molar-refractivity contribution in [2.24, 2.45) is 0 Å². The Morgan fingerprint density at radius 3 is 2.54 bits per heavy atom. The van der Waals surface area contributed by atoms with E-state index in [-0.39, 0.29) is 18.7 Å². The van der Waals surface area contributed by atoms with Crippen LogP contribution in [0.25, 0.3) is 0 Å². The second-order valence-electron chi connectivity index (χ2n) is 7.02. The number of carbonyl (C=O) groups excluding carboxylic acids is 1. The molecule has 2 aromatic rings. The zero-order valence-electron chi connectivity index (χ0n) is 14.8. The molecule has 1 heterocycles. The summed E-state index contributed by atoms with van der Waals surface area (Å²) >= 11 is 6.22. The largest absolute Gasteiger partial charge is 0.454 e. The van der Waals surface area contributed by atoms with Gasteiger partial charge in [-0.15, -0.1) is 0 Å². The van der Waals surface area contributed by atoms with E-state index in [2.05, 4.69) is 30.3 Å². The molecule has 0 saturated heterocycles. The van der Waals surface area contributed by atoms with Crippen molar-refractivity contribution in [2.45, 2.75) is 37.6 Å². The zero-order chi connectivity index (χ0) is 18.1. The lowest BCUT2D eigenvalue weighted by atomic mass is 9.81. The molecular formula is C21H22ClNO3. The molecule has 1 fully saturated rings. The van der Waals surface area contributed by atoms with E-state index in [1.165, 1.54) is 5.56 Å². The van der Waals surface area contributed by atoms with Crippen LogP contribution < -0.4 is 9.47 Å². The van der Waals surface area contributed by atoms with E-state index in [1.54, 1.807) is 12.1 Å². The van der Waals surface area contributed by atoms with Crippen molar-refractivity contribution in [2.75, 3.05) is 13.8 Å². The summed E-state index contributed by atoms with van der Waals surface area (Å²) in [6, 6.07) is 14.3. The Balaban J connectivity index is 1.43. The number of amides is 1. The molecular weight excluding hydrogens is 350 g/mol. The van der Waals surface area contributed by atoms with Gasteiger partial charge in [0.15, 0.2) is 11.5 Å². The number of nitrogens with zero attached hydrogens (tertiary/aromatic N) is 1. The van der Waals surface area contributed by atoms with E-state index in [1.807, 2.05) is 11.9 Å². The topological polar surface area (TPSA) is 38.8 Å². The van der Waals surface area contributed by atoms with Crippen LogP contribution in [0.2, 0.25) is 5.02 Å². The number of rotatable bonds is 3. The maximum Gasteiger partial charge on any atom is 0.254 e. The molecule has 1 aliphatic carbocycles. The molecule has 4 rings (SSSR count). The van der Waals surface area contributed by atoms with Gasteiger partial charge in [0, 0.05) is 18.7 Å². The first-order valence-electron chi connectivity index (χ1n) is 9.04. The fourth-order valence-corrected chi connectivity index (χ4v) is 4.25. The average molecular weight is 372 g/mol.